The van der Waals surface area contributed by atoms with Crippen LogP contribution in [0.15, 0.2) is 12.2 Å². The van der Waals surface area contributed by atoms with Crippen molar-refractivity contribution in [3.8, 4) is 0 Å². The van der Waals surface area contributed by atoms with Gasteiger partial charge in [0.05, 0.1) is 0 Å². The first-order valence-corrected chi connectivity index (χ1v) is 6.57. The van der Waals surface area contributed by atoms with Crippen LogP contribution >= 0.6 is 22.6 Å². The molecule has 0 saturated carbocycles. The van der Waals surface area contributed by atoms with E-state index >= 15 is 0 Å². The number of alkyl halides is 1. The zero-order valence-electron chi connectivity index (χ0n) is 8.86. The molecular formula is C10H14IN3O2. The lowest BCUT2D eigenvalue weighted by Crippen LogP contribution is -2.43. The van der Waals surface area contributed by atoms with E-state index in [2.05, 4.69) is 33.0 Å². The van der Waals surface area contributed by atoms with Crippen molar-refractivity contribution in [3.05, 3.63) is 12.2 Å². The van der Waals surface area contributed by atoms with Crippen LogP contribution in [-0.2, 0) is 9.59 Å². The summed E-state index contributed by atoms with van der Waals surface area (Å²) in [6.07, 6.45) is 3.83. The summed E-state index contributed by atoms with van der Waals surface area (Å²) in [5, 5.41) is 2.15. The Bertz CT molecular complexity index is 314. The van der Waals surface area contributed by atoms with Crippen LogP contribution in [0.3, 0.4) is 0 Å². The molecule has 0 bridgehead atoms. The number of nitrogens with one attached hydrogen (secondary N) is 1. The Kier molecular flexibility index (Phi) is 3.93. The van der Waals surface area contributed by atoms with Crippen molar-refractivity contribution in [2.75, 3.05) is 26.2 Å². The average Bonchev–Trinajstić information content (AvgIpc) is 2.78. The first-order valence-electron chi connectivity index (χ1n) is 5.33. The predicted octanol–water partition coefficient (Wildman–Crippen LogP) is -0.0747. The molecule has 2 amide bonds. The number of hydrogen-bond acceptors (Lipinski definition) is 4. The van der Waals surface area contributed by atoms with E-state index in [1.807, 2.05) is 0 Å². The zero-order chi connectivity index (χ0) is 11.5. The number of nitrogens with zero attached hydrogens (tertiary/aromatic N) is 2. The van der Waals surface area contributed by atoms with Gasteiger partial charge in [-0.05, 0) is 6.42 Å². The van der Waals surface area contributed by atoms with E-state index < -0.39 is 0 Å². The van der Waals surface area contributed by atoms with Crippen molar-refractivity contribution in [3.63, 3.8) is 0 Å². The molecule has 1 N–H and O–H groups in total. The van der Waals surface area contributed by atoms with Crippen molar-refractivity contribution in [2.24, 2.45) is 0 Å². The monoisotopic (exact) mass is 335 g/mol. The van der Waals surface area contributed by atoms with Gasteiger partial charge in [0.2, 0.25) is 0 Å². The highest BCUT2D eigenvalue weighted by molar-refractivity contribution is 14.1. The standard InChI is InChI=1S/C10H14IN3O2/c11-8-3-5-13(7-8)12-4-6-14-9(15)1-2-10(14)16/h1-2,8,12H,3-7H2. The summed E-state index contributed by atoms with van der Waals surface area (Å²) in [5.74, 6) is -0.417. The lowest BCUT2D eigenvalue weighted by molar-refractivity contribution is -0.136. The van der Waals surface area contributed by atoms with Crippen LogP contribution in [0, 0.1) is 0 Å². The third kappa shape index (κ3) is 2.80. The number of imide groups is 1. The lowest BCUT2D eigenvalue weighted by Gasteiger charge is -2.19. The molecule has 0 spiro atoms. The fourth-order valence-electron chi connectivity index (χ4n) is 1.83. The normalized spacial score (nSPS) is 26.1. The van der Waals surface area contributed by atoms with E-state index in [1.165, 1.54) is 23.5 Å². The van der Waals surface area contributed by atoms with E-state index in [0.29, 0.717) is 17.0 Å². The maximum Gasteiger partial charge on any atom is 0.253 e. The fraction of sp³-hybridized carbons (Fsp3) is 0.600. The van der Waals surface area contributed by atoms with Crippen LogP contribution in [0.4, 0.5) is 0 Å². The van der Waals surface area contributed by atoms with Crippen LogP contribution in [0.5, 0.6) is 0 Å². The first-order chi connectivity index (χ1) is 7.66. The van der Waals surface area contributed by atoms with Gasteiger partial charge in [0.25, 0.3) is 11.8 Å². The molecule has 0 aromatic rings. The van der Waals surface area contributed by atoms with Crippen LogP contribution in [0.25, 0.3) is 0 Å². The summed E-state index contributed by atoms with van der Waals surface area (Å²) < 4.78 is 0.696. The molecule has 0 aromatic heterocycles. The molecule has 5 nitrogen and oxygen atoms in total. The van der Waals surface area contributed by atoms with Gasteiger partial charge in [0, 0.05) is 42.3 Å². The third-order valence-corrected chi connectivity index (χ3v) is 3.72. The maximum atomic E-state index is 11.2. The second kappa shape index (κ2) is 5.24. The Hall–Kier alpha value is -0.470. The molecule has 0 aliphatic carbocycles. The summed E-state index contributed by atoms with van der Waals surface area (Å²) >= 11 is 2.43. The van der Waals surface area contributed by atoms with Gasteiger partial charge in [-0.15, -0.1) is 0 Å². The minimum absolute atomic E-state index is 0.208. The van der Waals surface area contributed by atoms with E-state index in [1.54, 1.807) is 0 Å². The Morgan fingerprint density at radius 1 is 1.38 bits per heavy atom. The Morgan fingerprint density at radius 3 is 2.62 bits per heavy atom. The van der Waals surface area contributed by atoms with Gasteiger partial charge < -0.3 is 0 Å². The molecule has 2 aliphatic heterocycles. The van der Waals surface area contributed by atoms with E-state index in [-0.39, 0.29) is 11.8 Å². The Labute approximate surface area is 108 Å². The number of amides is 2. The predicted molar refractivity (Wildman–Crippen MR) is 67.9 cm³/mol. The number of carbonyl (C=O) groups excluding carboxylic acids is 2. The molecule has 1 atom stereocenters. The van der Waals surface area contributed by atoms with E-state index in [0.717, 1.165) is 13.1 Å². The smallest absolute Gasteiger partial charge is 0.253 e. The van der Waals surface area contributed by atoms with Gasteiger partial charge in [0.1, 0.15) is 0 Å². The Morgan fingerprint density at radius 2 is 2.06 bits per heavy atom. The maximum absolute atomic E-state index is 11.2. The average molecular weight is 335 g/mol. The molecule has 1 saturated heterocycles. The lowest BCUT2D eigenvalue weighted by atomic mass is 10.4. The van der Waals surface area contributed by atoms with Gasteiger partial charge >= 0.3 is 0 Å². The van der Waals surface area contributed by atoms with Gasteiger partial charge in [-0.3, -0.25) is 19.9 Å². The van der Waals surface area contributed by atoms with Gasteiger partial charge in [0.15, 0.2) is 0 Å². The van der Waals surface area contributed by atoms with E-state index in [9.17, 15) is 9.59 Å². The number of rotatable bonds is 4. The van der Waals surface area contributed by atoms with Crippen molar-refractivity contribution in [2.45, 2.75) is 10.3 Å². The number of hydrazine groups is 1. The highest BCUT2D eigenvalue weighted by Crippen LogP contribution is 2.14. The molecule has 16 heavy (non-hydrogen) atoms. The summed E-state index contributed by atoms with van der Waals surface area (Å²) in [6.45, 7) is 3.13. The SMILES string of the molecule is O=C1C=CC(=O)N1CCNN1CCC(I)C1. The van der Waals surface area contributed by atoms with E-state index in [4.69, 9.17) is 0 Å². The quantitative estimate of drug-likeness (QED) is 0.444. The van der Waals surface area contributed by atoms with Crippen LogP contribution < -0.4 is 5.43 Å². The molecule has 2 aliphatic rings. The molecule has 2 heterocycles. The number of halogens is 1. The van der Waals surface area contributed by atoms with Gasteiger partial charge in [-0.25, -0.2) is 5.01 Å². The zero-order valence-corrected chi connectivity index (χ0v) is 11.0. The largest absolute Gasteiger partial charge is 0.274 e. The molecule has 0 aromatic carbocycles. The summed E-state index contributed by atoms with van der Waals surface area (Å²) in [4.78, 5) is 23.7. The molecule has 2 rings (SSSR count). The topological polar surface area (TPSA) is 52.7 Å². The van der Waals surface area contributed by atoms with Crippen molar-refractivity contribution < 1.29 is 9.59 Å². The highest BCUT2D eigenvalue weighted by atomic mass is 127. The Balaban J connectivity index is 1.68. The van der Waals surface area contributed by atoms with Gasteiger partial charge in [-0.2, -0.15) is 0 Å². The second-order valence-electron chi connectivity index (χ2n) is 3.90. The molecule has 0 radical (unpaired) electrons. The molecule has 1 fully saturated rings. The van der Waals surface area contributed by atoms with Crippen molar-refractivity contribution in [1.82, 2.24) is 15.3 Å². The minimum Gasteiger partial charge on any atom is -0.274 e. The molecule has 1 unspecified atom stereocenters. The second-order valence-corrected chi connectivity index (χ2v) is 5.66. The van der Waals surface area contributed by atoms with Crippen LogP contribution in [0.1, 0.15) is 6.42 Å². The van der Waals surface area contributed by atoms with Gasteiger partial charge in [-0.1, -0.05) is 22.6 Å². The van der Waals surface area contributed by atoms with Crippen molar-refractivity contribution >= 4 is 34.4 Å². The summed E-state index contributed by atoms with van der Waals surface area (Å²) in [5.41, 5.74) is 3.23. The van der Waals surface area contributed by atoms with Crippen molar-refractivity contribution in [1.29, 1.82) is 0 Å². The highest BCUT2D eigenvalue weighted by Gasteiger charge is 2.23. The fourth-order valence-corrected chi connectivity index (χ4v) is 2.59. The number of hydrogen-bond donors (Lipinski definition) is 1. The first kappa shape index (κ1) is 12.0. The molecule has 6 heteroatoms. The minimum atomic E-state index is -0.208. The third-order valence-electron chi connectivity index (χ3n) is 2.70. The summed E-state index contributed by atoms with van der Waals surface area (Å²) in [6, 6.07) is 0. The number of carbonyl (C=O) groups is 2. The molecular weight excluding hydrogens is 321 g/mol. The van der Waals surface area contributed by atoms with Crippen LogP contribution in [0.2, 0.25) is 0 Å². The summed E-state index contributed by atoms with van der Waals surface area (Å²) in [7, 11) is 0. The molecule has 88 valence electrons. The van der Waals surface area contributed by atoms with Crippen LogP contribution in [-0.4, -0.2) is 51.8 Å².